The lowest BCUT2D eigenvalue weighted by Gasteiger charge is -2.33. The quantitative estimate of drug-likeness (QED) is 0.362. The number of benzene rings is 1. The van der Waals surface area contributed by atoms with E-state index in [0.717, 1.165) is 59.3 Å². The molecule has 8 heteroatoms. The van der Waals surface area contributed by atoms with Crippen molar-refractivity contribution in [2.45, 2.75) is 46.3 Å². The van der Waals surface area contributed by atoms with Gasteiger partial charge in [0.1, 0.15) is 17.8 Å². The summed E-state index contributed by atoms with van der Waals surface area (Å²) >= 11 is 0. The third kappa shape index (κ3) is 4.24. The smallest absolute Gasteiger partial charge is 0.155 e. The third-order valence-corrected chi connectivity index (χ3v) is 6.93. The number of hydrogen-bond donors (Lipinski definition) is 2. The lowest BCUT2D eigenvalue weighted by atomic mass is 9.97. The van der Waals surface area contributed by atoms with Gasteiger partial charge in [0.25, 0.3) is 0 Å². The van der Waals surface area contributed by atoms with Crippen LogP contribution < -0.4 is 5.32 Å². The van der Waals surface area contributed by atoms with Crippen LogP contribution in [-0.2, 0) is 19.5 Å². The van der Waals surface area contributed by atoms with Crippen LogP contribution in [-0.4, -0.2) is 47.0 Å². The fourth-order valence-electron chi connectivity index (χ4n) is 4.93. The minimum absolute atomic E-state index is 0.533. The number of fused-ring (bicyclic) bond motifs is 2. The van der Waals surface area contributed by atoms with Gasteiger partial charge in [-0.05, 0) is 68.7 Å². The molecule has 0 atom stereocenters. The first-order chi connectivity index (χ1) is 17.5. The van der Waals surface area contributed by atoms with Crippen LogP contribution >= 0.6 is 0 Å². The van der Waals surface area contributed by atoms with Gasteiger partial charge in [0.15, 0.2) is 5.65 Å². The first-order valence-corrected chi connectivity index (χ1v) is 12.5. The molecule has 2 N–H and O–H groups in total. The largest absolute Gasteiger partial charge is 0.378 e. The van der Waals surface area contributed by atoms with Gasteiger partial charge in [-0.3, -0.25) is 9.88 Å². The Balaban J connectivity index is 1.34. The molecule has 0 saturated carbocycles. The molecular weight excluding hydrogens is 448 g/mol. The molecule has 0 unspecified atom stereocenters. The fraction of sp³-hybridized carbons (Fsp3) is 0.286. The predicted octanol–water partition coefficient (Wildman–Crippen LogP) is 4.87. The van der Waals surface area contributed by atoms with Crippen LogP contribution in [0.15, 0.2) is 61.1 Å². The van der Waals surface area contributed by atoms with Gasteiger partial charge in [0.2, 0.25) is 0 Å². The number of nitrogens with zero attached hydrogens (tertiary/aromatic N) is 6. The average molecular weight is 479 g/mol. The number of aryl methyl sites for hydroxylation is 1. The molecule has 0 fully saturated rings. The van der Waals surface area contributed by atoms with E-state index in [1.165, 1.54) is 16.8 Å². The SMILES string of the molecule is Cc1cccc(-c2nc(CNc3cccc4c3CN(C(C)C)CC4)[nH]c2-c2ccc3ncnn3c2)n1. The second-order valence-corrected chi connectivity index (χ2v) is 9.66. The molecule has 5 aromatic rings. The normalized spacial score (nSPS) is 13.9. The summed E-state index contributed by atoms with van der Waals surface area (Å²) < 4.78 is 1.78. The molecule has 0 bridgehead atoms. The van der Waals surface area contributed by atoms with Crippen LogP contribution in [0.25, 0.3) is 28.3 Å². The molecule has 0 saturated heterocycles. The predicted molar refractivity (Wildman–Crippen MR) is 142 cm³/mol. The van der Waals surface area contributed by atoms with Gasteiger partial charge in [-0.25, -0.2) is 14.5 Å². The van der Waals surface area contributed by atoms with E-state index < -0.39 is 0 Å². The van der Waals surface area contributed by atoms with Crippen LogP contribution in [0.5, 0.6) is 0 Å². The van der Waals surface area contributed by atoms with Gasteiger partial charge >= 0.3 is 0 Å². The van der Waals surface area contributed by atoms with Crippen molar-refractivity contribution in [3.8, 4) is 22.6 Å². The lowest BCUT2D eigenvalue weighted by molar-refractivity contribution is 0.204. The molecule has 0 spiro atoms. The molecule has 0 aliphatic carbocycles. The van der Waals surface area contributed by atoms with Crippen LogP contribution in [0.3, 0.4) is 0 Å². The van der Waals surface area contributed by atoms with E-state index in [1.807, 2.05) is 43.5 Å². The first-order valence-electron chi connectivity index (χ1n) is 12.5. The standard InChI is InChI=1S/C28H30N8/c1-18(2)35-13-12-20-7-5-8-23(22(20)16-35)29-14-25-33-27(21-10-11-26-30-17-31-36(26)15-21)28(34-25)24-9-4-6-19(3)32-24/h4-11,15,17-18,29H,12-14,16H2,1-3H3,(H,33,34). The number of aromatic amines is 1. The summed E-state index contributed by atoms with van der Waals surface area (Å²) in [7, 11) is 0. The third-order valence-electron chi connectivity index (χ3n) is 6.93. The number of aromatic nitrogens is 6. The van der Waals surface area contributed by atoms with E-state index >= 15 is 0 Å². The highest BCUT2D eigenvalue weighted by Crippen LogP contribution is 2.31. The van der Waals surface area contributed by atoms with Crippen molar-refractivity contribution in [2.75, 3.05) is 11.9 Å². The Kier molecular flexibility index (Phi) is 5.73. The second kappa shape index (κ2) is 9.20. The summed E-state index contributed by atoms with van der Waals surface area (Å²) in [6, 6.07) is 17.1. The Morgan fingerprint density at radius 2 is 1.94 bits per heavy atom. The van der Waals surface area contributed by atoms with Gasteiger partial charge in [-0.2, -0.15) is 5.10 Å². The van der Waals surface area contributed by atoms with E-state index in [1.54, 1.807) is 10.8 Å². The number of anilines is 1. The number of rotatable bonds is 6. The second-order valence-electron chi connectivity index (χ2n) is 9.66. The van der Waals surface area contributed by atoms with Crippen molar-refractivity contribution in [2.24, 2.45) is 0 Å². The molecule has 4 aromatic heterocycles. The zero-order valence-electron chi connectivity index (χ0n) is 20.9. The highest BCUT2D eigenvalue weighted by Gasteiger charge is 2.21. The van der Waals surface area contributed by atoms with Crippen LogP contribution in [0, 0.1) is 6.92 Å². The summed E-state index contributed by atoms with van der Waals surface area (Å²) in [6.45, 7) is 9.20. The Hall–Kier alpha value is -4.04. The van der Waals surface area contributed by atoms with E-state index in [0.29, 0.717) is 12.6 Å². The Bertz CT molecular complexity index is 1530. The maximum Gasteiger partial charge on any atom is 0.155 e. The van der Waals surface area contributed by atoms with Crippen LogP contribution in [0.2, 0.25) is 0 Å². The fourth-order valence-corrected chi connectivity index (χ4v) is 4.93. The first kappa shape index (κ1) is 22.4. The molecule has 36 heavy (non-hydrogen) atoms. The minimum atomic E-state index is 0.533. The summed E-state index contributed by atoms with van der Waals surface area (Å²) in [4.78, 5) is 20.1. The molecule has 5 heterocycles. The highest BCUT2D eigenvalue weighted by molar-refractivity contribution is 5.77. The van der Waals surface area contributed by atoms with Gasteiger partial charge in [0, 0.05) is 42.3 Å². The monoisotopic (exact) mass is 478 g/mol. The summed E-state index contributed by atoms with van der Waals surface area (Å²) in [5, 5.41) is 7.96. The Labute approximate surface area is 210 Å². The molecule has 8 nitrogen and oxygen atoms in total. The van der Waals surface area contributed by atoms with E-state index in [-0.39, 0.29) is 0 Å². The number of H-pyrrole nitrogens is 1. The van der Waals surface area contributed by atoms with Crippen molar-refractivity contribution < 1.29 is 0 Å². The maximum atomic E-state index is 5.00. The number of imidazole rings is 1. The molecule has 6 rings (SSSR count). The lowest BCUT2D eigenvalue weighted by Crippen LogP contribution is -2.36. The van der Waals surface area contributed by atoms with E-state index in [4.69, 9.17) is 9.97 Å². The zero-order valence-corrected chi connectivity index (χ0v) is 20.9. The van der Waals surface area contributed by atoms with Crippen molar-refractivity contribution in [3.05, 3.63) is 83.7 Å². The van der Waals surface area contributed by atoms with E-state index in [9.17, 15) is 0 Å². The Morgan fingerprint density at radius 3 is 2.81 bits per heavy atom. The minimum Gasteiger partial charge on any atom is -0.378 e. The average Bonchev–Trinajstić information content (AvgIpc) is 3.54. The van der Waals surface area contributed by atoms with Gasteiger partial charge < -0.3 is 10.3 Å². The molecule has 1 aromatic carbocycles. The Morgan fingerprint density at radius 1 is 1.06 bits per heavy atom. The molecule has 1 aliphatic heterocycles. The summed E-state index contributed by atoms with van der Waals surface area (Å²) in [6.07, 6.45) is 4.62. The molecule has 182 valence electrons. The van der Waals surface area contributed by atoms with Crippen LogP contribution in [0.1, 0.15) is 36.5 Å². The highest BCUT2D eigenvalue weighted by atomic mass is 15.3. The van der Waals surface area contributed by atoms with Crippen molar-refractivity contribution in [1.82, 2.24) is 34.4 Å². The number of pyridine rings is 2. The number of nitrogens with one attached hydrogen (secondary N) is 2. The van der Waals surface area contributed by atoms with Crippen molar-refractivity contribution in [3.63, 3.8) is 0 Å². The molecular formula is C28H30N8. The molecule has 1 aliphatic rings. The van der Waals surface area contributed by atoms with Gasteiger partial charge in [0.05, 0.1) is 17.9 Å². The summed E-state index contributed by atoms with van der Waals surface area (Å²) in [5.41, 5.74) is 9.34. The molecule has 0 radical (unpaired) electrons. The maximum absolute atomic E-state index is 5.00. The van der Waals surface area contributed by atoms with Crippen molar-refractivity contribution >= 4 is 11.3 Å². The van der Waals surface area contributed by atoms with E-state index in [2.05, 4.69) is 57.3 Å². The summed E-state index contributed by atoms with van der Waals surface area (Å²) in [5.74, 6) is 0.858. The zero-order chi connectivity index (χ0) is 24.6. The molecule has 0 amide bonds. The van der Waals surface area contributed by atoms with Gasteiger partial charge in [-0.1, -0.05) is 18.2 Å². The van der Waals surface area contributed by atoms with Crippen LogP contribution in [0.4, 0.5) is 5.69 Å². The van der Waals surface area contributed by atoms with Crippen molar-refractivity contribution in [1.29, 1.82) is 0 Å². The number of hydrogen-bond acceptors (Lipinski definition) is 6. The van der Waals surface area contributed by atoms with Gasteiger partial charge in [-0.15, -0.1) is 0 Å². The topological polar surface area (TPSA) is 87.0 Å².